The summed E-state index contributed by atoms with van der Waals surface area (Å²) >= 11 is 0. The molecule has 1 aliphatic heterocycles. The third-order valence-electron chi connectivity index (χ3n) is 6.22. The molecule has 0 radical (unpaired) electrons. The van der Waals surface area contributed by atoms with Crippen molar-refractivity contribution in [3.8, 4) is 5.69 Å². The zero-order valence-corrected chi connectivity index (χ0v) is 14.6. The van der Waals surface area contributed by atoms with Crippen LogP contribution < -0.4 is 16.6 Å². The van der Waals surface area contributed by atoms with Gasteiger partial charge in [-0.15, -0.1) is 0 Å². The van der Waals surface area contributed by atoms with Crippen molar-refractivity contribution in [3.05, 3.63) is 63.6 Å². The van der Waals surface area contributed by atoms with Crippen molar-refractivity contribution < 1.29 is 0 Å². The van der Waals surface area contributed by atoms with Crippen molar-refractivity contribution in [2.75, 3.05) is 13.1 Å². The topological polar surface area (TPSA) is 71.8 Å². The third-order valence-corrected chi connectivity index (χ3v) is 6.22. The molecule has 2 aliphatic rings. The molecule has 1 saturated carbocycles. The van der Waals surface area contributed by atoms with Gasteiger partial charge in [0.15, 0.2) is 0 Å². The normalized spacial score (nSPS) is 19.7. The molecule has 1 spiro atoms. The maximum Gasteiger partial charge on any atom is 0.332 e. The summed E-state index contributed by atoms with van der Waals surface area (Å²) in [6, 6.07) is 10.0. The number of nitrogens with one attached hydrogen (secondary N) is 2. The lowest BCUT2D eigenvalue weighted by molar-refractivity contribution is 0.0309. The number of rotatable bonds is 2. The van der Waals surface area contributed by atoms with Gasteiger partial charge in [-0.25, -0.2) is 4.79 Å². The lowest BCUT2D eigenvalue weighted by Crippen LogP contribution is -2.45. The highest BCUT2D eigenvalue weighted by Crippen LogP contribution is 2.54. The first-order valence-electron chi connectivity index (χ1n) is 9.28. The number of benzene rings is 1. The van der Waals surface area contributed by atoms with Crippen LogP contribution in [0.25, 0.3) is 16.6 Å². The summed E-state index contributed by atoms with van der Waals surface area (Å²) in [6.45, 7) is 2.27. The molecule has 0 atom stereocenters. The molecule has 134 valence electrons. The van der Waals surface area contributed by atoms with Crippen LogP contribution >= 0.6 is 0 Å². The van der Waals surface area contributed by atoms with Gasteiger partial charge in [0.05, 0.1) is 11.2 Å². The van der Waals surface area contributed by atoms with Crippen LogP contribution in [0.3, 0.4) is 0 Å². The number of H-pyrrole nitrogens is 1. The highest BCUT2D eigenvalue weighted by atomic mass is 16.2. The molecule has 2 N–H and O–H groups in total. The quantitative estimate of drug-likeness (QED) is 0.744. The van der Waals surface area contributed by atoms with Crippen molar-refractivity contribution in [1.82, 2.24) is 19.4 Å². The molecule has 0 amide bonds. The summed E-state index contributed by atoms with van der Waals surface area (Å²) in [7, 11) is 0. The van der Waals surface area contributed by atoms with Crippen molar-refractivity contribution >= 4 is 10.9 Å². The fourth-order valence-electron chi connectivity index (χ4n) is 4.81. The Bertz CT molecular complexity index is 1080. The molecule has 1 aliphatic carbocycles. The van der Waals surface area contributed by atoms with E-state index in [2.05, 4.69) is 33.2 Å². The standard InChI is InChI=1S/C20H22N4O2/c25-18-5-11-24(19(26)22-18)17-3-1-2-16-15(17)4-10-23(16)14-12-20(13-14)6-8-21-9-7-20/h1-5,10-11,14,21H,6-9,12-13H2,(H,22,25,26). The molecule has 2 aromatic heterocycles. The van der Waals surface area contributed by atoms with E-state index in [9.17, 15) is 9.59 Å². The van der Waals surface area contributed by atoms with E-state index < -0.39 is 5.69 Å². The third kappa shape index (κ3) is 2.36. The van der Waals surface area contributed by atoms with Gasteiger partial charge in [-0.1, -0.05) is 6.07 Å². The number of aromatic amines is 1. The van der Waals surface area contributed by atoms with E-state index in [-0.39, 0.29) is 5.56 Å². The van der Waals surface area contributed by atoms with Crippen LogP contribution in [0, 0.1) is 5.41 Å². The average Bonchev–Trinajstić information content (AvgIpc) is 3.04. The van der Waals surface area contributed by atoms with Crippen LogP contribution in [0.2, 0.25) is 0 Å². The van der Waals surface area contributed by atoms with E-state index >= 15 is 0 Å². The zero-order chi connectivity index (χ0) is 17.7. The summed E-state index contributed by atoms with van der Waals surface area (Å²) in [5.74, 6) is 0. The lowest BCUT2D eigenvalue weighted by atomic mass is 9.60. The van der Waals surface area contributed by atoms with E-state index in [0.29, 0.717) is 11.5 Å². The van der Waals surface area contributed by atoms with Gasteiger partial charge in [0.2, 0.25) is 0 Å². The molecule has 3 aromatic rings. The van der Waals surface area contributed by atoms with Gasteiger partial charge in [0.1, 0.15) is 0 Å². The Morgan fingerprint density at radius 1 is 1.00 bits per heavy atom. The maximum absolute atomic E-state index is 12.2. The Balaban J connectivity index is 1.52. The molecule has 26 heavy (non-hydrogen) atoms. The van der Waals surface area contributed by atoms with Crippen LogP contribution in [0.5, 0.6) is 0 Å². The molecule has 6 nitrogen and oxygen atoms in total. The molecular formula is C20H22N4O2. The zero-order valence-electron chi connectivity index (χ0n) is 14.6. The van der Waals surface area contributed by atoms with E-state index in [1.807, 2.05) is 12.1 Å². The number of hydrogen-bond donors (Lipinski definition) is 2. The second kappa shape index (κ2) is 5.71. The first kappa shape index (κ1) is 15.6. The van der Waals surface area contributed by atoms with Crippen LogP contribution in [-0.4, -0.2) is 27.2 Å². The lowest BCUT2D eigenvalue weighted by Gasteiger charge is -2.51. The summed E-state index contributed by atoms with van der Waals surface area (Å²) in [4.78, 5) is 25.9. The van der Waals surface area contributed by atoms with Gasteiger partial charge < -0.3 is 9.88 Å². The second-order valence-corrected chi connectivity index (χ2v) is 7.73. The van der Waals surface area contributed by atoms with Crippen LogP contribution in [0.15, 0.2) is 52.3 Å². The number of nitrogens with zero attached hydrogens (tertiary/aromatic N) is 2. The molecule has 0 bridgehead atoms. The van der Waals surface area contributed by atoms with Crippen molar-refractivity contribution in [1.29, 1.82) is 0 Å². The number of aromatic nitrogens is 3. The van der Waals surface area contributed by atoms with Gasteiger partial charge in [0.25, 0.3) is 5.56 Å². The summed E-state index contributed by atoms with van der Waals surface area (Å²) in [6.07, 6.45) is 8.72. The minimum atomic E-state index is -0.407. The predicted octanol–water partition coefficient (Wildman–Crippen LogP) is 2.19. The maximum atomic E-state index is 12.2. The highest BCUT2D eigenvalue weighted by molar-refractivity contribution is 5.88. The molecule has 2 fully saturated rings. The van der Waals surface area contributed by atoms with Crippen molar-refractivity contribution in [2.24, 2.45) is 5.41 Å². The summed E-state index contributed by atoms with van der Waals surface area (Å²) < 4.78 is 3.87. The highest BCUT2D eigenvalue weighted by Gasteiger charge is 2.45. The van der Waals surface area contributed by atoms with Crippen molar-refractivity contribution in [3.63, 3.8) is 0 Å². The Hall–Kier alpha value is -2.60. The second-order valence-electron chi connectivity index (χ2n) is 7.73. The smallest absolute Gasteiger partial charge is 0.332 e. The summed E-state index contributed by atoms with van der Waals surface area (Å²) in [5.41, 5.74) is 1.69. The number of hydrogen-bond acceptors (Lipinski definition) is 3. The van der Waals surface area contributed by atoms with Gasteiger partial charge >= 0.3 is 5.69 Å². The van der Waals surface area contributed by atoms with Gasteiger partial charge in [-0.3, -0.25) is 14.3 Å². The molecule has 6 heteroatoms. The van der Waals surface area contributed by atoms with Crippen LogP contribution in [0.1, 0.15) is 31.7 Å². The predicted molar refractivity (Wildman–Crippen MR) is 101 cm³/mol. The van der Waals surface area contributed by atoms with Gasteiger partial charge in [-0.2, -0.15) is 0 Å². The molecule has 1 saturated heterocycles. The van der Waals surface area contributed by atoms with Crippen molar-refractivity contribution in [2.45, 2.75) is 31.7 Å². The molecule has 0 unspecified atom stereocenters. The molecule has 3 heterocycles. The first-order valence-corrected chi connectivity index (χ1v) is 9.28. The monoisotopic (exact) mass is 350 g/mol. The Labute approximate surface area is 150 Å². The SMILES string of the molecule is O=c1ccn(-c2cccc3c2ccn3C2CC3(CCNCC3)C2)c(=O)[nH]1. The minimum absolute atomic E-state index is 0.377. The van der Waals surface area contributed by atoms with E-state index in [1.165, 1.54) is 36.3 Å². The van der Waals surface area contributed by atoms with E-state index in [4.69, 9.17) is 0 Å². The Kier molecular flexibility index (Phi) is 3.43. The number of piperidine rings is 1. The Morgan fingerprint density at radius 3 is 2.58 bits per heavy atom. The largest absolute Gasteiger partial charge is 0.344 e. The van der Waals surface area contributed by atoms with Crippen LogP contribution in [-0.2, 0) is 0 Å². The summed E-state index contributed by atoms with van der Waals surface area (Å²) in [5, 5.41) is 4.49. The first-order chi connectivity index (χ1) is 12.7. The van der Waals surface area contributed by atoms with E-state index in [0.717, 1.165) is 29.7 Å². The van der Waals surface area contributed by atoms with E-state index in [1.54, 1.807) is 6.20 Å². The fraction of sp³-hybridized carbons (Fsp3) is 0.400. The van der Waals surface area contributed by atoms with Gasteiger partial charge in [-0.05, 0) is 62.4 Å². The molecule has 1 aromatic carbocycles. The van der Waals surface area contributed by atoms with Crippen LogP contribution in [0.4, 0.5) is 0 Å². The number of fused-ring (bicyclic) bond motifs is 1. The fourth-order valence-corrected chi connectivity index (χ4v) is 4.81. The average molecular weight is 350 g/mol. The molecular weight excluding hydrogens is 328 g/mol. The van der Waals surface area contributed by atoms with Gasteiger partial charge in [0, 0.05) is 29.9 Å². The molecule has 5 rings (SSSR count). The Morgan fingerprint density at radius 2 is 1.81 bits per heavy atom. The minimum Gasteiger partial charge on any atom is -0.344 e.